The summed E-state index contributed by atoms with van der Waals surface area (Å²) in [5.74, 6) is -0.572. The van der Waals surface area contributed by atoms with E-state index in [1.54, 1.807) is 0 Å². The second kappa shape index (κ2) is 70.7. The molecule has 17 nitrogen and oxygen atoms in total. The van der Waals surface area contributed by atoms with Crippen LogP contribution in [0.15, 0.2) is 0 Å². The summed E-state index contributed by atoms with van der Waals surface area (Å²) in [7, 11) is -9.91. The van der Waals surface area contributed by atoms with Gasteiger partial charge in [-0.15, -0.1) is 0 Å². The zero-order valence-corrected chi connectivity index (χ0v) is 65.9. The number of phosphoric acid groups is 2. The highest BCUT2D eigenvalue weighted by atomic mass is 31.2. The van der Waals surface area contributed by atoms with Crippen LogP contribution in [0.4, 0.5) is 0 Å². The summed E-state index contributed by atoms with van der Waals surface area (Å²) in [4.78, 5) is 72.9. The average Bonchev–Trinajstić information content (AvgIpc) is 0.952. The molecule has 3 N–H and O–H groups in total. The number of esters is 4. The van der Waals surface area contributed by atoms with Crippen LogP contribution in [0.3, 0.4) is 0 Å². The fourth-order valence-corrected chi connectivity index (χ4v) is 13.7. The fourth-order valence-electron chi connectivity index (χ4n) is 12.2. The highest BCUT2D eigenvalue weighted by Crippen LogP contribution is 2.45. The van der Waals surface area contributed by atoms with Crippen LogP contribution < -0.4 is 0 Å². The van der Waals surface area contributed by atoms with Crippen molar-refractivity contribution in [1.29, 1.82) is 0 Å². The quantitative estimate of drug-likeness (QED) is 0.0222. The van der Waals surface area contributed by atoms with Crippen molar-refractivity contribution in [3.8, 4) is 0 Å². The Morgan fingerprint density at radius 3 is 0.776 bits per heavy atom. The van der Waals surface area contributed by atoms with Crippen molar-refractivity contribution < 1.29 is 80.2 Å². The molecule has 582 valence electrons. The van der Waals surface area contributed by atoms with E-state index >= 15 is 0 Å². The standard InChI is InChI=1S/C79H154O17P2/c1-7-10-12-14-16-18-20-21-22-23-24-28-31-35-38-42-49-55-61-76(81)89-67-74(95-79(84)64-58-52-44-40-36-32-29-26-25-27-30-34-37-41-47-53-59-71(4)5)69-93-97(85,86)91-65-73(80)66-92-98(87,88)94-70-75(68-90-77(82)62-56-50-46-45-48-54-60-72(6)9-3)96-78(83)63-57-51-43-39-33-19-17-15-13-11-8-2/h71-75,80H,7-70H2,1-6H3,(H,85,86)(H,87,88)/t72?,73-,74-,75-/m1/s1. The van der Waals surface area contributed by atoms with E-state index in [9.17, 15) is 43.2 Å². The molecule has 0 rings (SSSR count). The number of hydrogen-bond acceptors (Lipinski definition) is 15. The van der Waals surface area contributed by atoms with Gasteiger partial charge >= 0.3 is 39.5 Å². The highest BCUT2D eigenvalue weighted by molar-refractivity contribution is 7.47. The molecule has 3 unspecified atom stereocenters. The smallest absolute Gasteiger partial charge is 0.462 e. The van der Waals surface area contributed by atoms with Crippen LogP contribution in [0, 0.1) is 11.8 Å². The van der Waals surface area contributed by atoms with Crippen LogP contribution in [0.5, 0.6) is 0 Å². The maximum absolute atomic E-state index is 13.1. The largest absolute Gasteiger partial charge is 0.472 e. The maximum Gasteiger partial charge on any atom is 0.472 e. The summed E-state index contributed by atoms with van der Waals surface area (Å²) in [5.41, 5.74) is 0. The minimum atomic E-state index is -4.96. The van der Waals surface area contributed by atoms with Crippen LogP contribution in [0.25, 0.3) is 0 Å². The first kappa shape index (κ1) is 96.1. The van der Waals surface area contributed by atoms with E-state index < -0.39 is 97.5 Å². The van der Waals surface area contributed by atoms with Gasteiger partial charge in [-0.1, -0.05) is 363 Å². The summed E-state index contributed by atoms with van der Waals surface area (Å²) in [6.45, 7) is 9.60. The van der Waals surface area contributed by atoms with E-state index in [-0.39, 0.29) is 25.7 Å². The molecule has 0 aliphatic rings. The molecule has 98 heavy (non-hydrogen) atoms. The van der Waals surface area contributed by atoms with Crippen LogP contribution in [0.2, 0.25) is 0 Å². The first-order valence-corrected chi connectivity index (χ1v) is 44.0. The van der Waals surface area contributed by atoms with Crippen molar-refractivity contribution in [2.45, 2.75) is 432 Å². The number of hydrogen-bond donors (Lipinski definition) is 3. The van der Waals surface area contributed by atoms with Crippen molar-refractivity contribution in [3.05, 3.63) is 0 Å². The van der Waals surface area contributed by atoms with Gasteiger partial charge in [0.05, 0.1) is 26.4 Å². The molecule has 0 fully saturated rings. The van der Waals surface area contributed by atoms with Crippen molar-refractivity contribution in [1.82, 2.24) is 0 Å². The van der Waals surface area contributed by atoms with Gasteiger partial charge in [-0.3, -0.25) is 37.3 Å². The number of aliphatic hydroxyl groups is 1. The SMILES string of the molecule is CCCCCCCCCCCCCCCCCCCCC(=O)OC[C@H](COP(=O)(O)OC[C@@H](O)COP(=O)(O)OC[C@@H](COC(=O)CCCCCCCCC(C)CC)OC(=O)CCCCCCCCCCCCC)OC(=O)CCCCCCCCCCCCCCCCCCC(C)C. The van der Waals surface area contributed by atoms with E-state index in [2.05, 4.69) is 41.5 Å². The third-order valence-electron chi connectivity index (χ3n) is 18.8. The molecule has 19 heteroatoms. The van der Waals surface area contributed by atoms with E-state index in [0.29, 0.717) is 25.7 Å². The highest BCUT2D eigenvalue weighted by Gasteiger charge is 2.30. The van der Waals surface area contributed by atoms with E-state index in [0.717, 1.165) is 108 Å². The lowest BCUT2D eigenvalue weighted by atomic mass is 10.00. The Morgan fingerprint density at radius 2 is 0.520 bits per heavy atom. The Bertz CT molecular complexity index is 1890. The molecule has 0 bridgehead atoms. The first-order valence-electron chi connectivity index (χ1n) is 41.0. The number of rotatable bonds is 78. The molecule has 0 heterocycles. The predicted octanol–water partition coefficient (Wildman–Crippen LogP) is 23.5. The zero-order chi connectivity index (χ0) is 72.1. The molecule has 0 aliphatic carbocycles. The van der Waals surface area contributed by atoms with Crippen LogP contribution >= 0.6 is 15.6 Å². The van der Waals surface area contributed by atoms with Gasteiger partial charge in [0, 0.05) is 25.7 Å². The monoisotopic (exact) mass is 1440 g/mol. The minimum Gasteiger partial charge on any atom is -0.462 e. The van der Waals surface area contributed by atoms with E-state index in [4.69, 9.17) is 37.0 Å². The molecule has 0 aromatic rings. The zero-order valence-electron chi connectivity index (χ0n) is 64.1. The molecule has 0 amide bonds. The number of phosphoric ester groups is 2. The van der Waals surface area contributed by atoms with Gasteiger partial charge in [-0.25, -0.2) is 9.13 Å². The molecule has 0 aromatic carbocycles. The van der Waals surface area contributed by atoms with E-state index in [1.807, 2.05) is 0 Å². The van der Waals surface area contributed by atoms with Gasteiger partial charge in [0.1, 0.15) is 19.3 Å². The lowest BCUT2D eigenvalue weighted by Crippen LogP contribution is -2.30. The number of aliphatic hydroxyl groups excluding tert-OH is 1. The Morgan fingerprint density at radius 1 is 0.296 bits per heavy atom. The normalized spacial score (nSPS) is 14.2. The van der Waals surface area contributed by atoms with Gasteiger partial charge in [-0.05, 0) is 37.5 Å². The Labute approximate surface area is 600 Å². The molecular formula is C79H154O17P2. The van der Waals surface area contributed by atoms with Gasteiger partial charge in [0.25, 0.3) is 0 Å². The Kier molecular flexibility index (Phi) is 69.3. The van der Waals surface area contributed by atoms with Crippen molar-refractivity contribution in [3.63, 3.8) is 0 Å². The molecule has 0 aromatic heterocycles. The van der Waals surface area contributed by atoms with Crippen molar-refractivity contribution in [2.75, 3.05) is 39.6 Å². The molecule has 0 spiro atoms. The minimum absolute atomic E-state index is 0.106. The summed E-state index contributed by atoms with van der Waals surface area (Å²) in [5, 5.41) is 10.6. The van der Waals surface area contributed by atoms with Crippen molar-refractivity contribution in [2.24, 2.45) is 11.8 Å². The topological polar surface area (TPSA) is 237 Å². The molecular weight excluding hydrogens is 1280 g/mol. The van der Waals surface area contributed by atoms with Gasteiger partial charge in [0.15, 0.2) is 12.2 Å². The lowest BCUT2D eigenvalue weighted by molar-refractivity contribution is -0.161. The van der Waals surface area contributed by atoms with Crippen LogP contribution in [-0.4, -0.2) is 96.7 Å². The van der Waals surface area contributed by atoms with E-state index in [1.165, 1.54) is 225 Å². The Hall–Kier alpha value is -1.94. The molecule has 0 aliphatic heterocycles. The predicted molar refractivity (Wildman–Crippen MR) is 400 cm³/mol. The molecule has 0 saturated carbocycles. The second-order valence-corrected chi connectivity index (χ2v) is 32.1. The fraction of sp³-hybridized carbons (Fsp3) is 0.949. The number of unbranched alkanes of at least 4 members (excludes halogenated alkanes) is 47. The summed E-state index contributed by atoms with van der Waals surface area (Å²) in [6.07, 6.45) is 59.7. The number of ether oxygens (including phenoxy) is 4. The molecule has 0 radical (unpaired) electrons. The third-order valence-corrected chi connectivity index (χ3v) is 20.7. The lowest BCUT2D eigenvalue weighted by Gasteiger charge is -2.21. The molecule has 6 atom stereocenters. The second-order valence-electron chi connectivity index (χ2n) is 29.2. The van der Waals surface area contributed by atoms with Crippen molar-refractivity contribution >= 4 is 39.5 Å². The number of carbonyl (C=O) groups is 4. The van der Waals surface area contributed by atoms with Gasteiger partial charge in [-0.2, -0.15) is 0 Å². The van der Waals surface area contributed by atoms with Gasteiger partial charge < -0.3 is 33.8 Å². The summed E-state index contributed by atoms with van der Waals surface area (Å²) >= 11 is 0. The summed E-state index contributed by atoms with van der Waals surface area (Å²) < 4.78 is 68.6. The third kappa shape index (κ3) is 71.1. The van der Waals surface area contributed by atoms with Crippen LogP contribution in [-0.2, 0) is 65.4 Å². The van der Waals surface area contributed by atoms with Crippen LogP contribution in [0.1, 0.15) is 414 Å². The maximum atomic E-state index is 13.1. The first-order chi connectivity index (χ1) is 47.4. The average molecular weight is 1440 g/mol. The van der Waals surface area contributed by atoms with Gasteiger partial charge in [0.2, 0.25) is 0 Å². The summed E-state index contributed by atoms with van der Waals surface area (Å²) in [6, 6.07) is 0. The Balaban J connectivity index is 5.22. The molecule has 0 saturated heterocycles. The number of carbonyl (C=O) groups excluding carboxylic acids is 4.